The van der Waals surface area contributed by atoms with Crippen molar-refractivity contribution in [3.63, 3.8) is 0 Å². The van der Waals surface area contributed by atoms with Crippen LogP contribution in [0.15, 0.2) is 0 Å². The van der Waals surface area contributed by atoms with Gasteiger partial charge in [-0.1, -0.05) is 0 Å². The number of hydrogen-bond donors (Lipinski definition) is 2. The third-order valence-electron chi connectivity index (χ3n) is 2.57. The smallest absolute Gasteiger partial charge is 0.234 e. The Balaban J connectivity index is 1.96. The van der Waals surface area contributed by atoms with Gasteiger partial charge in [0.1, 0.15) is 0 Å². The zero-order chi connectivity index (χ0) is 8.44. The topological polar surface area (TPSA) is 50.4 Å². The number of rotatable bonds is 0. The number of carbonyl (C=O) groups excluding carboxylic acids is 1. The lowest BCUT2D eigenvalue weighted by Gasteiger charge is -2.40. The van der Waals surface area contributed by atoms with Gasteiger partial charge in [0.15, 0.2) is 0 Å². The van der Waals surface area contributed by atoms with Crippen molar-refractivity contribution >= 4 is 5.91 Å². The third kappa shape index (κ3) is 1.44. The predicted molar refractivity (Wildman–Crippen MR) is 43.8 cm³/mol. The highest BCUT2D eigenvalue weighted by Gasteiger charge is 2.35. The minimum Gasteiger partial charge on any atom is -0.379 e. The Morgan fingerprint density at radius 3 is 3.00 bits per heavy atom. The fourth-order valence-corrected chi connectivity index (χ4v) is 1.79. The van der Waals surface area contributed by atoms with E-state index in [0.717, 1.165) is 26.1 Å². The van der Waals surface area contributed by atoms with E-state index in [0.29, 0.717) is 13.1 Å². The zero-order valence-corrected chi connectivity index (χ0v) is 7.06. The van der Waals surface area contributed by atoms with Gasteiger partial charge in [0.25, 0.3) is 0 Å². The molecule has 4 nitrogen and oxygen atoms in total. The maximum atomic E-state index is 10.9. The van der Waals surface area contributed by atoms with Crippen LogP contribution in [0.1, 0.15) is 12.8 Å². The maximum absolute atomic E-state index is 10.9. The molecule has 12 heavy (non-hydrogen) atoms. The molecule has 1 spiro atoms. The van der Waals surface area contributed by atoms with E-state index in [1.54, 1.807) is 0 Å². The number of amides is 1. The second kappa shape index (κ2) is 3.03. The van der Waals surface area contributed by atoms with Crippen LogP contribution >= 0.6 is 0 Å². The summed E-state index contributed by atoms with van der Waals surface area (Å²) in [6.45, 7) is 2.74. The van der Waals surface area contributed by atoms with Gasteiger partial charge < -0.3 is 10.1 Å². The number of ether oxygens (including phenoxy) is 1. The van der Waals surface area contributed by atoms with Gasteiger partial charge >= 0.3 is 0 Å². The van der Waals surface area contributed by atoms with Crippen LogP contribution in [0.25, 0.3) is 0 Å². The van der Waals surface area contributed by atoms with E-state index in [1.807, 2.05) is 0 Å². The second-order valence-corrected chi connectivity index (χ2v) is 3.57. The Hall–Kier alpha value is -0.610. The largest absolute Gasteiger partial charge is 0.379 e. The lowest BCUT2D eigenvalue weighted by Crippen LogP contribution is -2.64. The first kappa shape index (κ1) is 8.01. The zero-order valence-electron chi connectivity index (χ0n) is 7.06. The van der Waals surface area contributed by atoms with Gasteiger partial charge in [0.2, 0.25) is 5.91 Å². The molecule has 2 aliphatic heterocycles. The second-order valence-electron chi connectivity index (χ2n) is 3.57. The SMILES string of the molecule is O=C1CNC2(CCCOC2)CN1. The van der Waals surface area contributed by atoms with Gasteiger partial charge in [-0.2, -0.15) is 0 Å². The summed E-state index contributed by atoms with van der Waals surface area (Å²) in [5.41, 5.74) is 0.0339. The van der Waals surface area contributed by atoms with E-state index in [9.17, 15) is 4.79 Å². The molecule has 2 heterocycles. The van der Waals surface area contributed by atoms with Crippen molar-refractivity contribution in [2.45, 2.75) is 18.4 Å². The van der Waals surface area contributed by atoms with Crippen LogP contribution in [-0.4, -0.2) is 37.7 Å². The van der Waals surface area contributed by atoms with Crippen molar-refractivity contribution in [3.05, 3.63) is 0 Å². The Bertz CT molecular complexity index is 175. The molecule has 0 aliphatic carbocycles. The van der Waals surface area contributed by atoms with Crippen LogP contribution in [0.5, 0.6) is 0 Å². The van der Waals surface area contributed by atoms with E-state index in [2.05, 4.69) is 10.6 Å². The van der Waals surface area contributed by atoms with Crippen molar-refractivity contribution in [3.8, 4) is 0 Å². The lowest BCUT2D eigenvalue weighted by molar-refractivity contribution is -0.124. The van der Waals surface area contributed by atoms with Crippen molar-refractivity contribution in [2.24, 2.45) is 0 Å². The Morgan fingerprint density at radius 2 is 2.42 bits per heavy atom. The first-order valence-corrected chi connectivity index (χ1v) is 4.40. The first-order valence-electron chi connectivity index (χ1n) is 4.40. The number of carbonyl (C=O) groups is 1. The van der Waals surface area contributed by atoms with E-state index < -0.39 is 0 Å². The summed E-state index contributed by atoms with van der Waals surface area (Å²) in [4.78, 5) is 10.9. The molecule has 2 saturated heterocycles. The van der Waals surface area contributed by atoms with E-state index in [-0.39, 0.29) is 11.4 Å². The van der Waals surface area contributed by atoms with E-state index in [4.69, 9.17) is 4.74 Å². The van der Waals surface area contributed by atoms with Crippen LogP contribution in [0.2, 0.25) is 0 Å². The molecular formula is C8H14N2O2. The monoisotopic (exact) mass is 170 g/mol. The summed E-state index contributed by atoms with van der Waals surface area (Å²) < 4.78 is 5.38. The van der Waals surface area contributed by atoms with Crippen molar-refractivity contribution in [1.29, 1.82) is 0 Å². The minimum absolute atomic E-state index is 0.0339. The van der Waals surface area contributed by atoms with Gasteiger partial charge in [0, 0.05) is 13.2 Å². The summed E-state index contributed by atoms with van der Waals surface area (Å²) >= 11 is 0. The summed E-state index contributed by atoms with van der Waals surface area (Å²) in [6.07, 6.45) is 2.19. The van der Waals surface area contributed by atoms with Gasteiger partial charge in [-0.3, -0.25) is 10.1 Å². The minimum atomic E-state index is 0.0339. The summed E-state index contributed by atoms with van der Waals surface area (Å²) in [6, 6.07) is 0. The van der Waals surface area contributed by atoms with Gasteiger partial charge in [-0.15, -0.1) is 0 Å². The lowest BCUT2D eigenvalue weighted by atomic mass is 9.91. The molecule has 0 aromatic heterocycles. The quantitative estimate of drug-likeness (QED) is 0.503. The molecule has 0 saturated carbocycles. The average molecular weight is 170 g/mol. The van der Waals surface area contributed by atoms with E-state index >= 15 is 0 Å². The molecule has 0 aromatic rings. The van der Waals surface area contributed by atoms with Crippen molar-refractivity contribution in [2.75, 3.05) is 26.3 Å². The number of piperazine rings is 1. The van der Waals surface area contributed by atoms with E-state index in [1.165, 1.54) is 0 Å². The van der Waals surface area contributed by atoms with Crippen LogP contribution < -0.4 is 10.6 Å². The Labute approximate surface area is 71.7 Å². The van der Waals surface area contributed by atoms with Crippen LogP contribution in [-0.2, 0) is 9.53 Å². The molecule has 2 rings (SSSR count). The third-order valence-corrected chi connectivity index (χ3v) is 2.57. The molecule has 2 aliphatic rings. The summed E-state index contributed by atoms with van der Waals surface area (Å²) in [5, 5.41) is 6.11. The average Bonchev–Trinajstić information content (AvgIpc) is 2.13. The fraction of sp³-hybridized carbons (Fsp3) is 0.875. The number of nitrogens with one attached hydrogen (secondary N) is 2. The molecule has 1 unspecified atom stereocenters. The Morgan fingerprint density at radius 1 is 1.50 bits per heavy atom. The highest BCUT2D eigenvalue weighted by molar-refractivity contribution is 5.79. The molecule has 0 bridgehead atoms. The van der Waals surface area contributed by atoms with Crippen LogP contribution in [0, 0.1) is 0 Å². The highest BCUT2D eigenvalue weighted by atomic mass is 16.5. The predicted octanol–water partition coefficient (Wildman–Crippen LogP) is -0.745. The highest BCUT2D eigenvalue weighted by Crippen LogP contribution is 2.19. The maximum Gasteiger partial charge on any atom is 0.234 e. The molecule has 4 heteroatoms. The summed E-state index contributed by atoms with van der Waals surface area (Å²) in [7, 11) is 0. The molecular weight excluding hydrogens is 156 g/mol. The fourth-order valence-electron chi connectivity index (χ4n) is 1.79. The molecule has 1 atom stereocenters. The van der Waals surface area contributed by atoms with Crippen LogP contribution in [0.3, 0.4) is 0 Å². The molecule has 0 radical (unpaired) electrons. The van der Waals surface area contributed by atoms with Gasteiger partial charge in [0.05, 0.1) is 18.7 Å². The molecule has 68 valence electrons. The van der Waals surface area contributed by atoms with Gasteiger partial charge in [-0.25, -0.2) is 0 Å². The molecule has 2 N–H and O–H groups in total. The first-order chi connectivity index (χ1) is 5.81. The Kier molecular flexibility index (Phi) is 2.02. The van der Waals surface area contributed by atoms with Crippen molar-refractivity contribution < 1.29 is 9.53 Å². The standard InChI is InChI=1S/C8H14N2O2/c11-7-4-10-8(5-9-7)2-1-3-12-6-8/h10H,1-6H2,(H,9,11). The normalized spacial score (nSPS) is 36.5. The summed E-state index contributed by atoms with van der Waals surface area (Å²) in [5.74, 6) is 0.0891. The van der Waals surface area contributed by atoms with Crippen LogP contribution in [0.4, 0.5) is 0 Å². The molecule has 1 amide bonds. The molecule has 0 aromatic carbocycles. The molecule has 2 fully saturated rings. The van der Waals surface area contributed by atoms with Gasteiger partial charge in [-0.05, 0) is 12.8 Å². The van der Waals surface area contributed by atoms with Crippen molar-refractivity contribution in [1.82, 2.24) is 10.6 Å². The number of hydrogen-bond acceptors (Lipinski definition) is 3.